The first-order valence-electron chi connectivity index (χ1n) is 7.85. The summed E-state index contributed by atoms with van der Waals surface area (Å²) in [7, 11) is 0. The number of aliphatic hydroxyl groups is 1. The molecule has 3 rings (SSSR count). The van der Waals surface area contributed by atoms with Crippen LogP contribution in [0.2, 0.25) is 5.02 Å². The number of rotatable bonds is 5. The molecule has 1 aliphatic heterocycles. The monoisotopic (exact) mass is 319 g/mol. The molecule has 0 aliphatic carbocycles. The van der Waals surface area contributed by atoms with Gasteiger partial charge in [-0.3, -0.25) is 9.58 Å². The molecule has 22 heavy (non-hydrogen) atoms. The summed E-state index contributed by atoms with van der Waals surface area (Å²) in [6.45, 7) is 3.91. The lowest BCUT2D eigenvalue weighted by molar-refractivity contribution is 0.199. The lowest BCUT2D eigenvalue weighted by Gasteiger charge is -2.32. The molecule has 1 fully saturated rings. The lowest BCUT2D eigenvalue weighted by Crippen LogP contribution is -2.33. The summed E-state index contributed by atoms with van der Waals surface area (Å²) in [5, 5.41) is 14.2. The molecule has 0 radical (unpaired) electrons. The van der Waals surface area contributed by atoms with E-state index >= 15 is 0 Å². The Morgan fingerprint density at radius 1 is 1.14 bits per heavy atom. The standard InChI is InChI=1S/C17H22ClN3O/c18-16-3-1-14(2-4-16)13-20-9-6-15(7-10-20)17-5-8-19-21(17)11-12-22/h1-5,8,15,22H,6-7,9-13H2. The molecule has 0 bridgehead atoms. The van der Waals surface area contributed by atoms with E-state index in [2.05, 4.69) is 28.2 Å². The van der Waals surface area contributed by atoms with Gasteiger partial charge in [0, 0.05) is 29.4 Å². The van der Waals surface area contributed by atoms with Crippen molar-refractivity contribution in [2.75, 3.05) is 19.7 Å². The van der Waals surface area contributed by atoms with Crippen molar-refractivity contribution in [1.82, 2.24) is 14.7 Å². The zero-order valence-electron chi connectivity index (χ0n) is 12.7. The van der Waals surface area contributed by atoms with Crippen LogP contribution in [0.4, 0.5) is 0 Å². The maximum atomic E-state index is 9.11. The number of benzene rings is 1. The fourth-order valence-corrected chi connectivity index (χ4v) is 3.33. The minimum absolute atomic E-state index is 0.143. The Balaban J connectivity index is 1.56. The summed E-state index contributed by atoms with van der Waals surface area (Å²) in [6, 6.07) is 10.2. The van der Waals surface area contributed by atoms with E-state index < -0.39 is 0 Å². The first-order valence-corrected chi connectivity index (χ1v) is 8.23. The number of aromatic nitrogens is 2. The molecule has 0 saturated carbocycles. The van der Waals surface area contributed by atoms with Crippen LogP contribution < -0.4 is 0 Å². The number of aliphatic hydroxyl groups excluding tert-OH is 1. The summed E-state index contributed by atoms with van der Waals surface area (Å²) < 4.78 is 1.94. The fourth-order valence-electron chi connectivity index (χ4n) is 3.21. The molecule has 2 aromatic rings. The van der Waals surface area contributed by atoms with Crippen LogP contribution in [0, 0.1) is 0 Å². The predicted octanol–water partition coefficient (Wildman–Crippen LogP) is 2.91. The van der Waals surface area contributed by atoms with Crippen LogP contribution in [0.1, 0.15) is 30.0 Å². The number of halogens is 1. The predicted molar refractivity (Wildman–Crippen MR) is 88.0 cm³/mol. The molecule has 0 unspecified atom stereocenters. The Morgan fingerprint density at radius 2 is 1.86 bits per heavy atom. The quantitative estimate of drug-likeness (QED) is 0.921. The van der Waals surface area contributed by atoms with Gasteiger partial charge in [-0.15, -0.1) is 0 Å². The van der Waals surface area contributed by atoms with Gasteiger partial charge < -0.3 is 5.11 Å². The maximum Gasteiger partial charge on any atom is 0.0644 e. The van der Waals surface area contributed by atoms with Gasteiger partial charge in [-0.25, -0.2) is 0 Å². The van der Waals surface area contributed by atoms with E-state index in [4.69, 9.17) is 16.7 Å². The topological polar surface area (TPSA) is 41.3 Å². The molecule has 1 aromatic carbocycles. The molecule has 1 aromatic heterocycles. The first-order chi connectivity index (χ1) is 10.8. The Hall–Kier alpha value is -1.36. The molecule has 2 heterocycles. The largest absolute Gasteiger partial charge is 0.394 e. The van der Waals surface area contributed by atoms with E-state index in [9.17, 15) is 0 Å². The maximum absolute atomic E-state index is 9.11. The smallest absolute Gasteiger partial charge is 0.0644 e. The molecule has 118 valence electrons. The molecular weight excluding hydrogens is 298 g/mol. The molecule has 0 amide bonds. The van der Waals surface area contributed by atoms with Crippen molar-refractivity contribution in [2.45, 2.75) is 31.8 Å². The molecule has 5 heteroatoms. The second-order valence-corrected chi connectivity index (χ2v) is 6.32. The third-order valence-electron chi connectivity index (χ3n) is 4.39. The van der Waals surface area contributed by atoms with Gasteiger partial charge in [-0.2, -0.15) is 5.10 Å². The van der Waals surface area contributed by atoms with Crippen LogP contribution in [0.15, 0.2) is 36.5 Å². The second-order valence-electron chi connectivity index (χ2n) is 5.88. The highest BCUT2D eigenvalue weighted by atomic mass is 35.5. The van der Waals surface area contributed by atoms with Crippen LogP contribution >= 0.6 is 11.6 Å². The number of piperidine rings is 1. The van der Waals surface area contributed by atoms with Gasteiger partial charge in [0.2, 0.25) is 0 Å². The van der Waals surface area contributed by atoms with Crippen molar-refractivity contribution in [3.8, 4) is 0 Å². The number of likely N-dealkylation sites (tertiary alicyclic amines) is 1. The Morgan fingerprint density at radius 3 is 2.55 bits per heavy atom. The lowest BCUT2D eigenvalue weighted by atomic mass is 9.93. The van der Waals surface area contributed by atoms with Crippen molar-refractivity contribution in [3.63, 3.8) is 0 Å². The van der Waals surface area contributed by atoms with E-state index in [-0.39, 0.29) is 6.61 Å². The first kappa shape index (κ1) is 15.5. The third-order valence-corrected chi connectivity index (χ3v) is 4.64. The van der Waals surface area contributed by atoms with Crippen molar-refractivity contribution >= 4 is 11.6 Å². The number of nitrogens with zero attached hydrogens (tertiary/aromatic N) is 3. The summed E-state index contributed by atoms with van der Waals surface area (Å²) in [5.41, 5.74) is 2.58. The highest BCUT2D eigenvalue weighted by Crippen LogP contribution is 2.28. The van der Waals surface area contributed by atoms with Gasteiger partial charge in [0.05, 0.1) is 13.2 Å². The van der Waals surface area contributed by atoms with E-state index in [1.807, 2.05) is 23.0 Å². The van der Waals surface area contributed by atoms with Crippen LogP contribution in [0.25, 0.3) is 0 Å². The van der Waals surface area contributed by atoms with Crippen LogP contribution in [0.3, 0.4) is 0 Å². The second kappa shape index (κ2) is 7.27. The van der Waals surface area contributed by atoms with E-state index in [1.165, 1.54) is 11.3 Å². The molecule has 1 saturated heterocycles. The van der Waals surface area contributed by atoms with Crippen molar-refractivity contribution in [1.29, 1.82) is 0 Å². The van der Waals surface area contributed by atoms with Gasteiger partial charge in [-0.1, -0.05) is 23.7 Å². The van der Waals surface area contributed by atoms with Crippen molar-refractivity contribution in [2.24, 2.45) is 0 Å². The van der Waals surface area contributed by atoms with Gasteiger partial charge in [0.1, 0.15) is 0 Å². The molecule has 4 nitrogen and oxygen atoms in total. The molecule has 1 N–H and O–H groups in total. The SMILES string of the molecule is OCCn1nccc1C1CCN(Cc2ccc(Cl)cc2)CC1. The average Bonchev–Trinajstić information content (AvgIpc) is 2.99. The third kappa shape index (κ3) is 3.69. The zero-order valence-corrected chi connectivity index (χ0v) is 13.4. The molecule has 0 atom stereocenters. The average molecular weight is 320 g/mol. The minimum atomic E-state index is 0.143. The Kier molecular flexibility index (Phi) is 5.13. The van der Waals surface area contributed by atoms with E-state index in [1.54, 1.807) is 0 Å². The normalized spacial score (nSPS) is 17.0. The van der Waals surface area contributed by atoms with Crippen LogP contribution in [-0.4, -0.2) is 39.5 Å². The highest BCUT2D eigenvalue weighted by molar-refractivity contribution is 6.30. The van der Waals surface area contributed by atoms with Gasteiger partial charge in [0.15, 0.2) is 0 Å². The highest BCUT2D eigenvalue weighted by Gasteiger charge is 2.23. The van der Waals surface area contributed by atoms with Crippen LogP contribution in [-0.2, 0) is 13.1 Å². The summed E-state index contributed by atoms with van der Waals surface area (Å²) >= 11 is 5.93. The van der Waals surface area contributed by atoms with Crippen molar-refractivity contribution in [3.05, 3.63) is 52.8 Å². The molecule has 1 aliphatic rings. The van der Waals surface area contributed by atoms with Crippen LogP contribution in [0.5, 0.6) is 0 Å². The summed E-state index contributed by atoms with van der Waals surface area (Å²) in [5.74, 6) is 0.551. The molecular formula is C17H22ClN3O. The van der Waals surface area contributed by atoms with Crippen molar-refractivity contribution < 1.29 is 5.11 Å². The summed E-state index contributed by atoms with van der Waals surface area (Å²) in [6.07, 6.45) is 4.13. The van der Waals surface area contributed by atoms with Gasteiger partial charge in [0.25, 0.3) is 0 Å². The Bertz CT molecular complexity index is 588. The summed E-state index contributed by atoms with van der Waals surface area (Å²) in [4.78, 5) is 2.49. The van der Waals surface area contributed by atoms with Gasteiger partial charge >= 0.3 is 0 Å². The van der Waals surface area contributed by atoms with E-state index in [0.717, 1.165) is 37.5 Å². The zero-order chi connectivity index (χ0) is 15.4. The minimum Gasteiger partial charge on any atom is -0.394 e. The van der Waals surface area contributed by atoms with Gasteiger partial charge in [-0.05, 0) is 49.7 Å². The Labute approximate surface area is 136 Å². The number of hydrogen-bond donors (Lipinski definition) is 1. The van der Waals surface area contributed by atoms with E-state index in [0.29, 0.717) is 12.5 Å². The molecule has 0 spiro atoms. The fraction of sp³-hybridized carbons (Fsp3) is 0.471. The number of hydrogen-bond acceptors (Lipinski definition) is 3.